The van der Waals surface area contributed by atoms with E-state index in [2.05, 4.69) is 5.32 Å². The van der Waals surface area contributed by atoms with Gasteiger partial charge in [0.1, 0.15) is 11.6 Å². The van der Waals surface area contributed by atoms with Gasteiger partial charge in [-0.15, -0.1) is 0 Å². The maximum absolute atomic E-state index is 13.4. The summed E-state index contributed by atoms with van der Waals surface area (Å²) in [5.74, 6) is -1.19. The lowest BCUT2D eigenvalue weighted by Gasteiger charge is -2.23. The number of rotatable bonds is 5. The molecule has 1 aliphatic rings. The molecule has 0 aliphatic carbocycles. The second kappa shape index (κ2) is 6.91. The van der Waals surface area contributed by atoms with Crippen LogP contribution in [0.3, 0.4) is 0 Å². The number of benzene rings is 1. The van der Waals surface area contributed by atoms with Gasteiger partial charge < -0.3 is 19.9 Å². The average molecular weight is 273 g/mol. The average Bonchev–Trinajstić information content (AvgIpc) is 2.42. The van der Waals surface area contributed by atoms with Gasteiger partial charge >= 0.3 is 0 Å². The first-order valence-electron chi connectivity index (χ1n) is 6.20. The quantitative estimate of drug-likeness (QED) is 0.840. The first kappa shape index (κ1) is 14.3. The topological polar surface area (TPSA) is 50.7 Å². The predicted octanol–water partition coefficient (Wildman–Crippen LogP) is 1.00. The molecule has 1 aromatic carbocycles. The molecule has 0 bridgehead atoms. The lowest BCUT2D eigenvalue weighted by molar-refractivity contribution is -0.0868. The highest BCUT2D eigenvalue weighted by molar-refractivity contribution is 5.21. The van der Waals surface area contributed by atoms with Gasteiger partial charge in [-0.2, -0.15) is 0 Å². The van der Waals surface area contributed by atoms with Gasteiger partial charge in [-0.3, -0.25) is 0 Å². The van der Waals surface area contributed by atoms with Gasteiger partial charge in [0.15, 0.2) is 0 Å². The molecule has 1 aromatic rings. The molecule has 0 aromatic heterocycles. The fourth-order valence-electron chi connectivity index (χ4n) is 1.92. The Hall–Kier alpha value is -1.08. The number of aliphatic hydroxyl groups is 1. The van der Waals surface area contributed by atoms with Crippen LogP contribution in [0.15, 0.2) is 18.2 Å². The highest BCUT2D eigenvalue weighted by Gasteiger charge is 2.16. The van der Waals surface area contributed by atoms with Crippen LogP contribution in [0.25, 0.3) is 0 Å². The summed E-state index contributed by atoms with van der Waals surface area (Å²) in [5.41, 5.74) is -0.0479. The molecule has 0 amide bonds. The fourth-order valence-corrected chi connectivity index (χ4v) is 1.92. The van der Waals surface area contributed by atoms with Crippen LogP contribution in [-0.4, -0.2) is 44.1 Å². The van der Waals surface area contributed by atoms with Crippen LogP contribution in [0.4, 0.5) is 8.78 Å². The smallest absolute Gasteiger partial charge is 0.129 e. The summed E-state index contributed by atoms with van der Waals surface area (Å²) >= 11 is 0. The summed E-state index contributed by atoms with van der Waals surface area (Å²) in [6, 6.07) is 3.03. The van der Waals surface area contributed by atoms with Gasteiger partial charge in [0.2, 0.25) is 0 Å². The summed E-state index contributed by atoms with van der Waals surface area (Å²) in [4.78, 5) is 0. The van der Waals surface area contributed by atoms with E-state index in [-0.39, 0.29) is 18.2 Å². The Balaban J connectivity index is 1.80. The molecule has 1 heterocycles. The molecule has 2 unspecified atom stereocenters. The summed E-state index contributed by atoms with van der Waals surface area (Å²) in [6.07, 6.45) is -1.17. The molecule has 2 N–H and O–H groups in total. The minimum atomic E-state index is -1.10. The molecule has 6 heteroatoms. The predicted molar refractivity (Wildman–Crippen MR) is 64.7 cm³/mol. The zero-order chi connectivity index (χ0) is 13.7. The van der Waals surface area contributed by atoms with Crippen molar-refractivity contribution in [2.75, 3.05) is 32.9 Å². The van der Waals surface area contributed by atoms with Crippen molar-refractivity contribution < 1.29 is 23.4 Å². The molecular formula is C13H17F2NO3. The van der Waals surface area contributed by atoms with E-state index < -0.39 is 17.7 Å². The second-order valence-electron chi connectivity index (χ2n) is 4.41. The van der Waals surface area contributed by atoms with Gasteiger partial charge in [0.05, 0.1) is 32.0 Å². The Morgan fingerprint density at radius 1 is 1.37 bits per heavy atom. The first-order chi connectivity index (χ1) is 9.16. The third-order valence-electron chi connectivity index (χ3n) is 2.91. The number of ether oxygens (including phenoxy) is 2. The lowest BCUT2D eigenvalue weighted by Crippen LogP contribution is -2.38. The number of halogens is 2. The van der Waals surface area contributed by atoms with Crippen molar-refractivity contribution in [3.05, 3.63) is 35.4 Å². The molecule has 106 valence electrons. The van der Waals surface area contributed by atoms with Gasteiger partial charge in [0.25, 0.3) is 0 Å². The summed E-state index contributed by atoms with van der Waals surface area (Å²) in [5, 5.41) is 12.8. The molecular weight excluding hydrogens is 256 g/mol. The molecule has 1 saturated heterocycles. The maximum Gasteiger partial charge on any atom is 0.129 e. The molecule has 1 aliphatic heterocycles. The van der Waals surface area contributed by atoms with E-state index in [9.17, 15) is 13.9 Å². The number of hydrogen-bond acceptors (Lipinski definition) is 4. The van der Waals surface area contributed by atoms with E-state index in [0.717, 1.165) is 18.2 Å². The fraction of sp³-hybridized carbons (Fsp3) is 0.538. The normalized spacial score (nSPS) is 21.3. The molecule has 0 spiro atoms. The second-order valence-corrected chi connectivity index (χ2v) is 4.41. The van der Waals surface area contributed by atoms with Crippen LogP contribution in [0.2, 0.25) is 0 Å². The first-order valence-corrected chi connectivity index (χ1v) is 6.20. The van der Waals surface area contributed by atoms with E-state index in [1.54, 1.807) is 0 Å². The highest BCUT2D eigenvalue weighted by Crippen LogP contribution is 2.17. The maximum atomic E-state index is 13.4. The van der Waals surface area contributed by atoms with Crippen molar-refractivity contribution in [2.45, 2.75) is 12.2 Å². The van der Waals surface area contributed by atoms with Crippen molar-refractivity contribution in [1.29, 1.82) is 0 Å². The summed E-state index contributed by atoms with van der Waals surface area (Å²) in [6.45, 7) is 2.26. The Labute approximate surface area is 110 Å². The van der Waals surface area contributed by atoms with Crippen molar-refractivity contribution in [3.8, 4) is 0 Å². The van der Waals surface area contributed by atoms with E-state index >= 15 is 0 Å². The summed E-state index contributed by atoms with van der Waals surface area (Å²) in [7, 11) is 0. The van der Waals surface area contributed by atoms with Crippen LogP contribution in [0, 0.1) is 11.6 Å². The van der Waals surface area contributed by atoms with E-state index in [1.165, 1.54) is 0 Å². The molecule has 2 rings (SSSR count). The Bertz CT molecular complexity index is 411. The highest BCUT2D eigenvalue weighted by atomic mass is 19.1. The third kappa shape index (κ3) is 4.21. The molecule has 4 nitrogen and oxygen atoms in total. The van der Waals surface area contributed by atoms with E-state index in [1.807, 2.05) is 0 Å². The van der Waals surface area contributed by atoms with Crippen molar-refractivity contribution in [1.82, 2.24) is 5.32 Å². The molecule has 0 radical (unpaired) electrons. The summed E-state index contributed by atoms with van der Waals surface area (Å²) < 4.78 is 37.0. The van der Waals surface area contributed by atoms with Crippen LogP contribution >= 0.6 is 0 Å². The lowest BCUT2D eigenvalue weighted by atomic mass is 10.1. The van der Waals surface area contributed by atoms with Gasteiger partial charge in [-0.05, 0) is 18.2 Å². The largest absolute Gasteiger partial charge is 0.387 e. The third-order valence-corrected chi connectivity index (χ3v) is 2.91. The zero-order valence-corrected chi connectivity index (χ0v) is 10.4. The Kier molecular flexibility index (Phi) is 5.21. The van der Waals surface area contributed by atoms with Crippen LogP contribution in [-0.2, 0) is 9.47 Å². The van der Waals surface area contributed by atoms with Crippen molar-refractivity contribution >= 4 is 0 Å². The standard InChI is InChI=1S/C13H17F2NO3/c14-9-1-2-12(15)11(5-9)13(17)7-16-6-10-8-18-3-4-19-10/h1-2,5,10,13,16-17H,3-4,6-8H2. The number of aliphatic hydroxyl groups excluding tert-OH is 1. The van der Waals surface area contributed by atoms with Crippen molar-refractivity contribution in [3.63, 3.8) is 0 Å². The van der Waals surface area contributed by atoms with Gasteiger partial charge in [-0.1, -0.05) is 0 Å². The SMILES string of the molecule is OC(CNCC1COCCO1)c1cc(F)ccc1F. The van der Waals surface area contributed by atoms with E-state index in [0.29, 0.717) is 26.4 Å². The molecule has 2 atom stereocenters. The van der Waals surface area contributed by atoms with Crippen LogP contribution in [0.5, 0.6) is 0 Å². The van der Waals surface area contributed by atoms with Crippen molar-refractivity contribution in [2.24, 2.45) is 0 Å². The van der Waals surface area contributed by atoms with Crippen LogP contribution in [0.1, 0.15) is 11.7 Å². The monoisotopic (exact) mass is 273 g/mol. The van der Waals surface area contributed by atoms with Crippen LogP contribution < -0.4 is 5.32 Å². The van der Waals surface area contributed by atoms with E-state index in [4.69, 9.17) is 9.47 Å². The van der Waals surface area contributed by atoms with Gasteiger partial charge in [-0.25, -0.2) is 8.78 Å². The zero-order valence-electron chi connectivity index (χ0n) is 10.4. The number of nitrogens with one attached hydrogen (secondary N) is 1. The Morgan fingerprint density at radius 3 is 2.95 bits per heavy atom. The molecule has 19 heavy (non-hydrogen) atoms. The van der Waals surface area contributed by atoms with Gasteiger partial charge in [0, 0.05) is 18.7 Å². The minimum Gasteiger partial charge on any atom is -0.387 e. The minimum absolute atomic E-state index is 0.0479. The molecule has 1 fully saturated rings. The molecule has 0 saturated carbocycles. The number of hydrogen-bond donors (Lipinski definition) is 2. The Morgan fingerprint density at radius 2 is 2.21 bits per heavy atom.